The molecule has 0 fully saturated rings. The Bertz CT molecular complexity index is 784. The first-order valence-electron chi connectivity index (χ1n) is 9.48. The average Bonchev–Trinajstić information content (AvgIpc) is 2.62. The Kier molecular flexibility index (Phi) is 7.17. The molecular formula is C23H30N2O2. The monoisotopic (exact) mass is 366 g/mol. The van der Waals surface area contributed by atoms with E-state index in [2.05, 4.69) is 0 Å². The van der Waals surface area contributed by atoms with Gasteiger partial charge in [-0.3, -0.25) is 9.59 Å². The van der Waals surface area contributed by atoms with Gasteiger partial charge in [-0.2, -0.15) is 0 Å². The molecule has 4 nitrogen and oxygen atoms in total. The van der Waals surface area contributed by atoms with Crippen molar-refractivity contribution in [3.05, 3.63) is 65.2 Å². The minimum Gasteiger partial charge on any atom is -0.336 e. The number of hydrogen-bond acceptors (Lipinski definition) is 2. The second-order valence-electron chi connectivity index (χ2n) is 7.31. The van der Waals surface area contributed by atoms with Crippen LogP contribution in [0.4, 0.5) is 5.69 Å². The minimum absolute atomic E-state index is 0.0457. The zero-order valence-electron chi connectivity index (χ0n) is 17.0. The quantitative estimate of drug-likeness (QED) is 0.725. The summed E-state index contributed by atoms with van der Waals surface area (Å²) in [5.74, 6) is 0.0149. The van der Waals surface area contributed by atoms with Gasteiger partial charge in [0.2, 0.25) is 11.8 Å². The lowest BCUT2D eigenvalue weighted by atomic mass is 10.1. The van der Waals surface area contributed by atoms with Crippen molar-refractivity contribution in [3.63, 3.8) is 0 Å². The lowest BCUT2D eigenvalue weighted by molar-refractivity contribution is -0.133. The molecule has 0 aliphatic carbocycles. The maximum Gasteiger partial charge on any atom is 0.224 e. The Morgan fingerprint density at radius 3 is 2.26 bits per heavy atom. The molecule has 0 N–H and O–H groups in total. The normalized spacial score (nSPS) is 10.7. The molecule has 0 aliphatic heterocycles. The van der Waals surface area contributed by atoms with Gasteiger partial charge in [-0.1, -0.05) is 42.5 Å². The minimum atomic E-state index is -0.0457. The molecule has 2 aromatic carbocycles. The van der Waals surface area contributed by atoms with E-state index in [1.54, 1.807) is 11.8 Å². The zero-order valence-corrected chi connectivity index (χ0v) is 17.0. The summed E-state index contributed by atoms with van der Waals surface area (Å²) in [4.78, 5) is 28.7. The van der Waals surface area contributed by atoms with Crippen molar-refractivity contribution in [2.45, 2.75) is 53.6 Å². The molecule has 2 rings (SSSR count). The van der Waals surface area contributed by atoms with E-state index >= 15 is 0 Å². The Hall–Kier alpha value is -2.62. The van der Waals surface area contributed by atoms with Crippen LogP contribution in [0.5, 0.6) is 0 Å². The van der Waals surface area contributed by atoms with E-state index in [4.69, 9.17) is 0 Å². The van der Waals surface area contributed by atoms with E-state index in [9.17, 15) is 9.59 Å². The number of rotatable bonds is 7. The van der Waals surface area contributed by atoms with Gasteiger partial charge in [0, 0.05) is 38.2 Å². The van der Waals surface area contributed by atoms with Crippen LogP contribution in [-0.2, 0) is 16.1 Å². The largest absolute Gasteiger partial charge is 0.336 e. The number of carbonyl (C=O) groups excluding carboxylic acids is 2. The predicted molar refractivity (Wildman–Crippen MR) is 111 cm³/mol. The maximum absolute atomic E-state index is 12.9. The number of carbonyl (C=O) groups is 2. The SMILES string of the molecule is CC(=O)N(CCC(=O)N(Cc1ccccc1)C(C)C)c1cc(C)ccc1C. The molecule has 0 aromatic heterocycles. The molecule has 144 valence electrons. The van der Waals surface area contributed by atoms with Crippen molar-refractivity contribution >= 4 is 17.5 Å². The first-order valence-corrected chi connectivity index (χ1v) is 9.48. The summed E-state index contributed by atoms with van der Waals surface area (Å²) in [6.07, 6.45) is 0.304. The molecule has 4 heteroatoms. The van der Waals surface area contributed by atoms with Crippen LogP contribution in [0.3, 0.4) is 0 Å². The summed E-state index contributed by atoms with van der Waals surface area (Å²) >= 11 is 0. The van der Waals surface area contributed by atoms with Crippen molar-refractivity contribution in [2.75, 3.05) is 11.4 Å². The highest BCUT2D eigenvalue weighted by Gasteiger charge is 2.20. The molecule has 27 heavy (non-hydrogen) atoms. The summed E-state index contributed by atoms with van der Waals surface area (Å²) in [6.45, 7) is 10.6. The summed E-state index contributed by atoms with van der Waals surface area (Å²) in [5.41, 5.74) is 4.13. The lowest BCUT2D eigenvalue weighted by Crippen LogP contribution is -2.39. The van der Waals surface area contributed by atoms with Gasteiger partial charge in [-0.05, 0) is 50.5 Å². The van der Waals surface area contributed by atoms with Gasteiger partial charge in [-0.15, -0.1) is 0 Å². The third-order valence-corrected chi connectivity index (χ3v) is 4.72. The fourth-order valence-corrected chi connectivity index (χ4v) is 3.15. The Morgan fingerprint density at radius 1 is 1.00 bits per heavy atom. The predicted octanol–water partition coefficient (Wildman–Crippen LogP) is 4.48. The molecule has 0 spiro atoms. The van der Waals surface area contributed by atoms with Crippen LogP contribution >= 0.6 is 0 Å². The van der Waals surface area contributed by atoms with E-state index in [-0.39, 0.29) is 17.9 Å². The second kappa shape index (κ2) is 9.36. The smallest absolute Gasteiger partial charge is 0.224 e. The van der Waals surface area contributed by atoms with E-state index in [0.717, 1.165) is 22.4 Å². The summed E-state index contributed by atoms with van der Waals surface area (Å²) in [7, 11) is 0. The second-order valence-corrected chi connectivity index (χ2v) is 7.31. The highest BCUT2D eigenvalue weighted by Crippen LogP contribution is 2.22. The number of anilines is 1. The van der Waals surface area contributed by atoms with Gasteiger partial charge < -0.3 is 9.80 Å². The van der Waals surface area contributed by atoms with Gasteiger partial charge in [0.25, 0.3) is 0 Å². The molecule has 0 saturated carbocycles. The van der Waals surface area contributed by atoms with Crippen molar-refractivity contribution in [1.29, 1.82) is 0 Å². The first-order chi connectivity index (χ1) is 12.8. The van der Waals surface area contributed by atoms with Crippen LogP contribution in [0.15, 0.2) is 48.5 Å². The topological polar surface area (TPSA) is 40.6 Å². The fraction of sp³-hybridized carbons (Fsp3) is 0.391. The van der Waals surface area contributed by atoms with Gasteiger partial charge in [-0.25, -0.2) is 0 Å². The molecule has 0 atom stereocenters. The van der Waals surface area contributed by atoms with Crippen molar-refractivity contribution in [1.82, 2.24) is 4.90 Å². The number of benzene rings is 2. The summed E-state index contributed by atoms with van der Waals surface area (Å²) < 4.78 is 0. The lowest BCUT2D eigenvalue weighted by Gasteiger charge is -2.29. The third-order valence-electron chi connectivity index (χ3n) is 4.72. The average molecular weight is 367 g/mol. The van der Waals surface area contributed by atoms with Gasteiger partial charge in [0.15, 0.2) is 0 Å². The molecule has 2 aromatic rings. The number of nitrogens with zero attached hydrogens (tertiary/aromatic N) is 2. The zero-order chi connectivity index (χ0) is 20.0. The van der Waals surface area contributed by atoms with E-state index in [0.29, 0.717) is 19.5 Å². The molecule has 0 aliphatic rings. The number of amides is 2. The summed E-state index contributed by atoms with van der Waals surface area (Å²) in [5, 5.41) is 0. The van der Waals surface area contributed by atoms with Crippen LogP contribution in [0.1, 0.15) is 43.9 Å². The standard InChI is InChI=1S/C23H30N2O2/c1-17(2)25(16-21-9-7-6-8-10-21)23(27)13-14-24(20(5)26)22-15-18(3)11-12-19(22)4/h6-12,15,17H,13-14,16H2,1-5H3. The molecule has 0 unspecified atom stereocenters. The van der Waals surface area contributed by atoms with Crippen LogP contribution in [0.2, 0.25) is 0 Å². The van der Waals surface area contributed by atoms with Crippen LogP contribution < -0.4 is 4.90 Å². The van der Waals surface area contributed by atoms with Crippen LogP contribution in [0, 0.1) is 13.8 Å². The van der Waals surface area contributed by atoms with Crippen molar-refractivity contribution in [3.8, 4) is 0 Å². The number of aryl methyl sites for hydroxylation is 2. The maximum atomic E-state index is 12.9. The molecule has 0 radical (unpaired) electrons. The molecule has 0 saturated heterocycles. The molecule has 0 bridgehead atoms. The van der Waals surface area contributed by atoms with Crippen molar-refractivity contribution < 1.29 is 9.59 Å². The first kappa shape index (κ1) is 20.7. The Labute approximate surface area is 162 Å². The molecule has 2 amide bonds. The van der Waals surface area contributed by atoms with Crippen LogP contribution in [0.25, 0.3) is 0 Å². The van der Waals surface area contributed by atoms with Crippen molar-refractivity contribution in [2.24, 2.45) is 0 Å². The van der Waals surface area contributed by atoms with E-state index in [1.165, 1.54) is 0 Å². The Balaban J connectivity index is 2.11. The highest BCUT2D eigenvalue weighted by atomic mass is 16.2. The molecular weight excluding hydrogens is 336 g/mol. The van der Waals surface area contributed by atoms with E-state index < -0.39 is 0 Å². The summed E-state index contributed by atoms with van der Waals surface area (Å²) in [6, 6.07) is 16.1. The van der Waals surface area contributed by atoms with Gasteiger partial charge in [0.1, 0.15) is 0 Å². The fourth-order valence-electron chi connectivity index (χ4n) is 3.15. The van der Waals surface area contributed by atoms with Crippen LogP contribution in [-0.4, -0.2) is 29.3 Å². The van der Waals surface area contributed by atoms with Gasteiger partial charge >= 0.3 is 0 Å². The molecule has 0 heterocycles. The Morgan fingerprint density at radius 2 is 1.67 bits per heavy atom. The highest BCUT2D eigenvalue weighted by molar-refractivity contribution is 5.93. The number of hydrogen-bond donors (Lipinski definition) is 0. The third kappa shape index (κ3) is 5.68. The van der Waals surface area contributed by atoms with Gasteiger partial charge in [0.05, 0.1) is 0 Å². The van der Waals surface area contributed by atoms with E-state index in [1.807, 2.05) is 81.1 Å².